The number of benzene rings is 1. The number of ether oxygens (including phenoxy) is 3. The average Bonchev–Trinajstić information content (AvgIpc) is 2.90. The smallest absolute Gasteiger partial charge is 0.416 e. The van der Waals surface area contributed by atoms with Crippen molar-refractivity contribution >= 4 is 29.4 Å². The van der Waals surface area contributed by atoms with Gasteiger partial charge in [0.2, 0.25) is 0 Å². The van der Waals surface area contributed by atoms with Gasteiger partial charge >= 0.3 is 12.1 Å². The molecule has 0 aromatic heterocycles. The van der Waals surface area contributed by atoms with Crippen molar-refractivity contribution in [2.45, 2.75) is 111 Å². The summed E-state index contributed by atoms with van der Waals surface area (Å²) in [5.74, 6) is 0.126. The fraction of sp³-hybridized carbons (Fsp3) is 0.645. The number of carbonyl (C=O) groups is 2. The standard InChI is InChI=1S/C31H48N2O5S/c1-6-10-11-12-13-14-15-16-17-18-20-24-21-19-22-25(36-7-2)27(24)28-26(29(34)37-8-3)23(5)32-30(39)33(28)31(35)38-9-4/h19,21-22,28H,6-18,20H2,1-5H3,(H,32,39). The Bertz CT molecular complexity index is 978. The number of thiocarbonyl (C=S) groups is 1. The molecule has 1 aromatic rings. The highest BCUT2D eigenvalue weighted by molar-refractivity contribution is 7.80. The van der Waals surface area contributed by atoms with Crippen molar-refractivity contribution in [3.8, 4) is 5.75 Å². The van der Waals surface area contributed by atoms with Crippen LogP contribution in [0.5, 0.6) is 5.75 Å². The quantitative estimate of drug-likeness (QED) is 0.118. The van der Waals surface area contributed by atoms with Crippen LogP contribution in [-0.2, 0) is 20.7 Å². The number of rotatable bonds is 17. The molecular weight excluding hydrogens is 512 g/mol. The van der Waals surface area contributed by atoms with E-state index in [4.69, 9.17) is 26.4 Å². The molecule has 218 valence electrons. The fourth-order valence-electron chi connectivity index (χ4n) is 5.07. The first-order chi connectivity index (χ1) is 18.9. The molecule has 0 radical (unpaired) electrons. The van der Waals surface area contributed by atoms with Crippen LogP contribution >= 0.6 is 12.2 Å². The first-order valence-corrected chi connectivity index (χ1v) is 15.2. The molecule has 1 aliphatic heterocycles. The first kappa shape index (κ1) is 32.6. The van der Waals surface area contributed by atoms with E-state index in [0.29, 0.717) is 23.6 Å². The number of allylic oxidation sites excluding steroid dienone is 1. The SMILES string of the molecule is CCCCCCCCCCCCc1cccc(OCC)c1C1C(C(=O)OCC)=C(C)NC(=S)N1C(=O)OCC. The van der Waals surface area contributed by atoms with Gasteiger partial charge in [0.05, 0.1) is 25.4 Å². The van der Waals surface area contributed by atoms with Crippen LogP contribution in [0, 0.1) is 0 Å². The van der Waals surface area contributed by atoms with E-state index in [2.05, 4.69) is 18.3 Å². The number of nitrogens with one attached hydrogen (secondary N) is 1. The minimum atomic E-state index is -0.822. The molecule has 2 rings (SSSR count). The number of carbonyl (C=O) groups excluding carboxylic acids is 2. The van der Waals surface area contributed by atoms with E-state index in [9.17, 15) is 9.59 Å². The van der Waals surface area contributed by atoms with Crippen molar-refractivity contribution in [3.63, 3.8) is 0 Å². The zero-order valence-corrected chi connectivity index (χ0v) is 25.4. The number of nitrogens with zero attached hydrogens (tertiary/aromatic N) is 1. The summed E-state index contributed by atoms with van der Waals surface area (Å²) in [6.07, 6.45) is 12.7. The zero-order valence-electron chi connectivity index (χ0n) is 24.6. The second-order valence-corrected chi connectivity index (χ2v) is 10.2. The highest BCUT2D eigenvalue weighted by Gasteiger charge is 2.43. The molecule has 1 heterocycles. The average molecular weight is 561 g/mol. The molecule has 0 bridgehead atoms. The van der Waals surface area contributed by atoms with Crippen LogP contribution in [0.3, 0.4) is 0 Å². The van der Waals surface area contributed by atoms with Gasteiger partial charge in [-0.25, -0.2) is 14.5 Å². The maximum absolute atomic E-state index is 13.3. The Labute approximate surface area is 240 Å². The number of unbranched alkanes of at least 4 members (excludes halogenated alkanes) is 9. The topological polar surface area (TPSA) is 77.1 Å². The molecule has 7 nitrogen and oxygen atoms in total. The molecule has 0 fully saturated rings. The van der Waals surface area contributed by atoms with Gasteiger partial charge in [-0.3, -0.25) is 0 Å². The van der Waals surface area contributed by atoms with Crippen LogP contribution in [0.2, 0.25) is 0 Å². The predicted octanol–water partition coefficient (Wildman–Crippen LogP) is 7.77. The minimum Gasteiger partial charge on any atom is -0.493 e. The van der Waals surface area contributed by atoms with Gasteiger partial charge < -0.3 is 19.5 Å². The van der Waals surface area contributed by atoms with E-state index in [1.165, 1.54) is 56.3 Å². The van der Waals surface area contributed by atoms with Crippen LogP contribution < -0.4 is 10.1 Å². The summed E-state index contributed by atoms with van der Waals surface area (Å²) in [4.78, 5) is 27.8. The summed E-state index contributed by atoms with van der Waals surface area (Å²) >= 11 is 5.59. The van der Waals surface area contributed by atoms with E-state index in [1.54, 1.807) is 20.8 Å². The lowest BCUT2D eigenvalue weighted by Crippen LogP contribution is -2.51. The molecular formula is C31H48N2O5S. The van der Waals surface area contributed by atoms with E-state index in [0.717, 1.165) is 30.4 Å². The Morgan fingerprint density at radius 3 is 2.08 bits per heavy atom. The lowest BCUT2D eigenvalue weighted by molar-refractivity contribution is -0.139. The van der Waals surface area contributed by atoms with Gasteiger partial charge in [-0.1, -0.05) is 76.8 Å². The predicted molar refractivity (Wildman–Crippen MR) is 160 cm³/mol. The van der Waals surface area contributed by atoms with E-state index < -0.39 is 18.1 Å². The van der Waals surface area contributed by atoms with Crippen molar-refractivity contribution in [2.24, 2.45) is 0 Å². The van der Waals surface area contributed by atoms with Gasteiger partial charge in [-0.05, 0) is 64.4 Å². The third-order valence-corrected chi connectivity index (χ3v) is 7.24. The van der Waals surface area contributed by atoms with Gasteiger partial charge in [0.25, 0.3) is 0 Å². The third kappa shape index (κ3) is 9.52. The fourth-order valence-corrected chi connectivity index (χ4v) is 5.40. The van der Waals surface area contributed by atoms with Crippen molar-refractivity contribution in [2.75, 3.05) is 19.8 Å². The molecule has 0 spiro atoms. The second-order valence-electron chi connectivity index (χ2n) is 9.85. The molecule has 1 aromatic carbocycles. The van der Waals surface area contributed by atoms with Crippen molar-refractivity contribution < 1.29 is 23.8 Å². The molecule has 0 saturated carbocycles. The number of aryl methyl sites for hydroxylation is 1. The Balaban J connectivity index is 2.35. The van der Waals surface area contributed by atoms with Gasteiger partial charge in [0.15, 0.2) is 5.11 Å². The third-order valence-electron chi connectivity index (χ3n) is 6.94. The molecule has 8 heteroatoms. The first-order valence-electron chi connectivity index (χ1n) is 14.8. The number of amides is 1. The molecule has 1 aliphatic rings. The van der Waals surface area contributed by atoms with Gasteiger partial charge in [0, 0.05) is 11.3 Å². The van der Waals surface area contributed by atoms with Gasteiger partial charge in [-0.2, -0.15) is 0 Å². The molecule has 1 unspecified atom stereocenters. The zero-order chi connectivity index (χ0) is 28.6. The largest absolute Gasteiger partial charge is 0.493 e. The Kier molecular flexibility index (Phi) is 14.9. The Morgan fingerprint density at radius 2 is 1.49 bits per heavy atom. The van der Waals surface area contributed by atoms with E-state index in [-0.39, 0.29) is 18.3 Å². The number of esters is 1. The minimum absolute atomic E-state index is 0.181. The molecule has 1 amide bonds. The number of hydrogen-bond donors (Lipinski definition) is 1. The summed E-state index contributed by atoms with van der Waals surface area (Å²) in [7, 11) is 0. The van der Waals surface area contributed by atoms with E-state index >= 15 is 0 Å². The second kappa shape index (κ2) is 17.9. The van der Waals surface area contributed by atoms with Gasteiger partial charge in [0.1, 0.15) is 11.8 Å². The van der Waals surface area contributed by atoms with Crippen molar-refractivity contribution in [1.82, 2.24) is 10.2 Å². The molecule has 1 atom stereocenters. The summed E-state index contributed by atoms with van der Waals surface area (Å²) in [6.45, 7) is 10.3. The highest BCUT2D eigenvalue weighted by Crippen LogP contribution is 2.42. The summed E-state index contributed by atoms with van der Waals surface area (Å²) in [5, 5.41) is 3.19. The molecule has 39 heavy (non-hydrogen) atoms. The van der Waals surface area contributed by atoms with Crippen LogP contribution in [0.4, 0.5) is 4.79 Å². The highest BCUT2D eigenvalue weighted by atomic mass is 32.1. The maximum atomic E-state index is 13.3. The van der Waals surface area contributed by atoms with Crippen molar-refractivity contribution in [3.05, 3.63) is 40.6 Å². The van der Waals surface area contributed by atoms with Crippen LogP contribution in [0.1, 0.15) is 116 Å². The molecule has 1 N–H and O–H groups in total. The van der Waals surface area contributed by atoms with E-state index in [1.807, 2.05) is 19.1 Å². The maximum Gasteiger partial charge on any atom is 0.416 e. The Morgan fingerprint density at radius 1 is 0.872 bits per heavy atom. The Hall–Kier alpha value is -2.61. The van der Waals surface area contributed by atoms with Crippen molar-refractivity contribution in [1.29, 1.82) is 0 Å². The normalized spacial score (nSPS) is 15.3. The molecule has 0 saturated heterocycles. The molecule has 0 aliphatic carbocycles. The van der Waals surface area contributed by atoms with Gasteiger partial charge in [-0.15, -0.1) is 0 Å². The monoisotopic (exact) mass is 560 g/mol. The lowest BCUT2D eigenvalue weighted by Gasteiger charge is -2.38. The lowest BCUT2D eigenvalue weighted by atomic mass is 9.88. The summed E-state index contributed by atoms with van der Waals surface area (Å²) in [5.41, 5.74) is 2.67. The van der Waals surface area contributed by atoms with Crippen LogP contribution in [-0.4, -0.2) is 41.9 Å². The van der Waals surface area contributed by atoms with Crippen LogP contribution in [0.15, 0.2) is 29.5 Å². The number of hydrogen-bond acceptors (Lipinski definition) is 6. The summed E-state index contributed by atoms with van der Waals surface area (Å²) in [6, 6.07) is 5.08. The summed E-state index contributed by atoms with van der Waals surface area (Å²) < 4.78 is 16.9. The van der Waals surface area contributed by atoms with Crippen LogP contribution in [0.25, 0.3) is 0 Å².